The number of anilines is 1. The Kier molecular flexibility index (Phi) is 4.24. The molecule has 18 heavy (non-hydrogen) atoms. The lowest BCUT2D eigenvalue weighted by Crippen LogP contribution is -2.33. The van der Waals surface area contributed by atoms with E-state index >= 15 is 0 Å². The minimum atomic E-state index is 0.000794. The monoisotopic (exact) mass is 311 g/mol. The van der Waals surface area contributed by atoms with E-state index in [0.29, 0.717) is 6.54 Å². The number of nitrogens with one attached hydrogen (secondary N) is 1. The van der Waals surface area contributed by atoms with E-state index < -0.39 is 0 Å². The minimum Gasteiger partial charge on any atom is -0.362 e. The van der Waals surface area contributed by atoms with Crippen LogP contribution in [0.5, 0.6) is 0 Å². The summed E-state index contributed by atoms with van der Waals surface area (Å²) in [5, 5.41) is 2.88. The lowest BCUT2D eigenvalue weighted by molar-refractivity contribution is -0.119. The molecule has 1 atom stereocenters. The largest absolute Gasteiger partial charge is 0.362 e. The molecular formula is C13H18BrN3O. The van der Waals surface area contributed by atoms with Crippen LogP contribution in [0.4, 0.5) is 5.69 Å². The Balaban J connectivity index is 2.22. The second-order valence-electron chi connectivity index (χ2n) is 4.62. The number of nitrogens with two attached hydrogens (primary N) is 1. The van der Waals surface area contributed by atoms with Crippen LogP contribution in [0.15, 0.2) is 22.7 Å². The zero-order valence-electron chi connectivity index (χ0n) is 10.4. The van der Waals surface area contributed by atoms with Crippen LogP contribution in [0.2, 0.25) is 0 Å². The van der Waals surface area contributed by atoms with Crippen LogP contribution in [0.25, 0.3) is 0 Å². The fraction of sp³-hybridized carbons (Fsp3) is 0.462. The van der Waals surface area contributed by atoms with Gasteiger partial charge in [-0.1, -0.05) is 22.0 Å². The molecule has 0 saturated carbocycles. The van der Waals surface area contributed by atoms with E-state index in [-0.39, 0.29) is 11.9 Å². The van der Waals surface area contributed by atoms with Gasteiger partial charge in [0.2, 0.25) is 5.91 Å². The number of carbonyl (C=O) groups excluding carboxylic acids is 1. The summed E-state index contributed by atoms with van der Waals surface area (Å²) in [6.07, 6.45) is 0.971. The SMILES string of the molecule is CC(N)c1ccc(N2CCCNC(=O)C2)cc1Br. The van der Waals surface area contributed by atoms with Gasteiger partial charge in [0.1, 0.15) is 0 Å². The number of amides is 1. The van der Waals surface area contributed by atoms with Gasteiger partial charge in [0.25, 0.3) is 0 Å². The Bertz CT molecular complexity index is 448. The van der Waals surface area contributed by atoms with Crippen LogP contribution in [-0.4, -0.2) is 25.5 Å². The molecule has 1 aliphatic heterocycles. The molecule has 2 rings (SSSR count). The Labute approximate surface area is 116 Å². The molecule has 0 radical (unpaired) electrons. The smallest absolute Gasteiger partial charge is 0.239 e. The predicted molar refractivity (Wildman–Crippen MR) is 76.6 cm³/mol. The van der Waals surface area contributed by atoms with Crippen molar-refractivity contribution in [2.45, 2.75) is 19.4 Å². The van der Waals surface area contributed by atoms with Crippen LogP contribution in [0.1, 0.15) is 24.9 Å². The molecule has 0 aliphatic carbocycles. The van der Waals surface area contributed by atoms with Crippen LogP contribution < -0.4 is 16.0 Å². The van der Waals surface area contributed by atoms with Crippen molar-refractivity contribution in [3.8, 4) is 0 Å². The number of rotatable bonds is 2. The highest BCUT2D eigenvalue weighted by Gasteiger charge is 2.16. The summed E-state index contributed by atoms with van der Waals surface area (Å²) in [6.45, 7) is 4.03. The average Bonchev–Trinajstić information content (AvgIpc) is 2.53. The van der Waals surface area contributed by atoms with Crippen LogP contribution >= 0.6 is 15.9 Å². The van der Waals surface area contributed by atoms with Gasteiger partial charge in [0.05, 0.1) is 6.54 Å². The van der Waals surface area contributed by atoms with E-state index in [0.717, 1.165) is 35.2 Å². The van der Waals surface area contributed by atoms with Crippen molar-refractivity contribution >= 4 is 27.5 Å². The Morgan fingerprint density at radius 1 is 1.50 bits per heavy atom. The molecule has 1 saturated heterocycles. The Morgan fingerprint density at radius 3 is 2.94 bits per heavy atom. The first-order valence-electron chi connectivity index (χ1n) is 6.14. The zero-order chi connectivity index (χ0) is 13.1. The third-order valence-corrected chi connectivity index (χ3v) is 3.79. The molecule has 0 spiro atoms. The zero-order valence-corrected chi connectivity index (χ0v) is 12.0. The molecular weight excluding hydrogens is 294 g/mol. The first kappa shape index (κ1) is 13.4. The first-order valence-corrected chi connectivity index (χ1v) is 6.94. The molecule has 1 aliphatic rings. The number of hydrogen-bond donors (Lipinski definition) is 2. The lowest BCUT2D eigenvalue weighted by atomic mass is 10.1. The maximum Gasteiger partial charge on any atom is 0.239 e. The van der Waals surface area contributed by atoms with Gasteiger partial charge < -0.3 is 16.0 Å². The number of halogens is 1. The third-order valence-electron chi connectivity index (χ3n) is 3.10. The summed E-state index contributed by atoms with van der Waals surface area (Å²) in [7, 11) is 0. The lowest BCUT2D eigenvalue weighted by Gasteiger charge is -2.22. The maximum atomic E-state index is 11.5. The van der Waals surface area contributed by atoms with E-state index in [4.69, 9.17) is 5.73 Å². The van der Waals surface area contributed by atoms with E-state index in [2.05, 4.69) is 26.1 Å². The number of benzene rings is 1. The van der Waals surface area contributed by atoms with Crippen molar-refractivity contribution < 1.29 is 4.79 Å². The van der Waals surface area contributed by atoms with Crippen LogP contribution in [-0.2, 0) is 4.79 Å². The normalized spacial score (nSPS) is 18.2. The van der Waals surface area contributed by atoms with E-state index in [9.17, 15) is 4.79 Å². The van der Waals surface area contributed by atoms with Gasteiger partial charge in [-0.05, 0) is 31.0 Å². The molecule has 1 aromatic rings. The Hall–Kier alpha value is -1.07. The fourth-order valence-corrected chi connectivity index (χ4v) is 2.84. The van der Waals surface area contributed by atoms with Gasteiger partial charge in [0, 0.05) is 29.3 Å². The molecule has 98 valence electrons. The summed E-state index contributed by atoms with van der Waals surface area (Å²) >= 11 is 3.54. The topological polar surface area (TPSA) is 58.4 Å². The second kappa shape index (κ2) is 5.71. The summed E-state index contributed by atoms with van der Waals surface area (Å²) < 4.78 is 1.000. The molecule has 1 heterocycles. The van der Waals surface area contributed by atoms with Gasteiger partial charge in [-0.25, -0.2) is 0 Å². The highest BCUT2D eigenvalue weighted by atomic mass is 79.9. The van der Waals surface area contributed by atoms with Crippen LogP contribution in [0, 0.1) is 0 Å². The summed E-state index contributed by atoms with van der Waals surface area (Å²) in [4.78, 5) is 13.6. The molecule has 4 nitrogen and oxygen atoms in total. The van der Waals surface area contributed by atoms with Crippen molar-refractivity contribution in [3.05, 3.63) is 28.2 Å². The van der Waals surface area contributed by atoms with Gasteiger partial charge in [-0.2, -0.15) is 0 Å². The highest BCUT2D eigenvalue weighted by Crippen LogP contribution is 2.27. The van der Waals surface area contributed by atoms with Crippen molar-refractivity contribution in [2.24, 2.45) is 5.73 Å². The first-order chi connectivity index (χ1) is 8.58. The highest BCUT2D eigenvalue weighted by molar-refractivity contribution is 9.10. The van der Waals surface area contributed by atoms with Crippen molar-refractivity contribution in [1.82, 2.24) is 5.32 Å². The minimum absolute atomic E-state index is 0.000794. The fourth-order valence-electron chi connectivity index (χ4n) is 2.11. The van der Waals surface area contributed by atoms with E-state index in [1.54, 1.807) is 0 Å². The maximum absolute atomic E-state index is 11.5. The van der Waals surface area contributed by atoms with Crippen molar-refractivity contribution in [2.75, 3.05) is 24.5 Å². The van der Waals surface area contributed by atoms with Crippen LogP contribution in [0.3, 0.4) is 0 Å². The molecule has 1 unspecified atom stereocenters. The molecule has 0 aromatic heterocycles. The van der Waals surface area contributed by atoms with Gasteiger partial charge >= 0.3 is 0 Å². The van der Waals surface area contributed by atoms with Gasteiger partial charge in [-0.15, -0.1) is 0 Å². The number of hydrogen-bond acceptors (Lipinski definition) is 3. The molecule has 1 amide bonds. The van der Waals surface area contributed by atoms with Gasteiger partial charge in [-0.3, -0.25) is 4.79 Å². The molecule has 3 N–H and O–H groups in total. The van der Waals surface area contributed by atoms with Gasteiger partial charge in [0.15, 0.2) is 0 Å². The quantitative estimate of drug-likeness (QED) is 0.875. The summed E-state index contributed by atoms with van der Waals surface area (Å²) in [5.41, 5.74) is 8.02. The van der Waals surface area contributed by atoms with Crippen molar-refractivity contribution in [3.63, 3.8) is 0 Å². The number of carbonyl (C=O) groups is 1. The molecule has 1 fully saturated rings. The second-order valence-corrected chi connectivity index (χ2v) is 5.47. The predicted octanol–water partition coefficient (Wildman–Crippen LogP) is 1.80. The Morgan fingerprint density at radius 2 is 2.28 bits per heavy atom. The standard InChI is InChI=1S/C13H18BrN3O/c1-9(15)11-4-3-10(7-12(11)14)17-6-2-5-16-13(18)8-17/h3-4,7,9H,2,5-6,8,15H2,1H3,(H,16,18). The summed E-state index contributed by atoms with van der Waals surface area (Å²) in [6, 6.07) is 6.09. The average molecular weight is 312 g/mol. The molecule has 0 bridgehead atoms. The third kappa shape index (κ3) is 3.03. The molecule has 1 aromatic carbocycles. The van der Waals surface area contributed by atoms with Crippen molar-refractivity contribution in [1.29, 1.82) is 0 Å². The van der Waals surface area contributed by atoms with E-state index in [1.807, 2.05) is 25.1 Å². The van der Waals surface area contributed by atoms with E-state index in [1.165, 1.54) is 0 Å². The number of nitrogens with zero attached hydrogens (tertiary/aromatic N) is 1. The summed E-state index contributed by atoms with van der Waals surface area (Å²) in [5.74, 6) is 0.0832. The molecule has 5 heteroatoms.